The molecule has 0 radical (unpaired) electrons. The molecule has 3 heterocycles. The molecule has 0 amide bonds. The quantitative estimate of drug-likeness (QED) is 0.323. The summed E-state index contributed by atoms with van der Waals surface area (Å²) in [6, 6.07) is 4.61. The molecule has 2 aliphatic rings. The number of nitrogens with zero attached hydrogens (tertiary/aromatic N) is 5. The van der Waals surface area contributed by atoms with E-state index in [1.165, 1.54) is 0 Å². The maximum Gasteiger partial charge on any atom is 0.191 e. The second-order valence-corrected chi connectivity index (χ2v) is 8.90. The summed E-state index contributed by atoms with van der Waals surface area (Å²) in [6.45, 7) is 11.9. The van der Waals surface area contributed by atoms with E-state index in [0.29, 0.717) is 23.0 Å². The van der Waals surface area contributed by atoms with Crippen molar-refractivity contribution in [3.05, 3.63) is 23.4 Å². The molecule has 30 heavy (non-hydrogen) atoms. The number of anilines is 1. The van der Waals surface area contributed by atoms with Gasteiger partial charge in [-0.05, 0) is 31.5 Å². The monoisotopic (exact) mass is 549 g/mol. The van der Waals surface area contributed by atoms with Crippen molar-refractivity contribution in [1.82, 2.24) is 25.4 Å². The Morgan fingerprint density at radius 3 is 2.63 bits per heavy atom. The van der Waals surface area contributed by atoms with Crippen LogP contribution >= 0.6 is 35.6 Å². The lowest BCUT2D eigenvalue weighted by atomic mass is 10.0. The maximum absolute atomic E-state index is 6.31. The summed E-state index contributed by atoms with van der Waals surface area (Å²) in [4.78, 5) is 16.2. The fraction of sp³-hybridized carbons (Fsp3) is 0.714. The molecule has 0 spiro atoms. The van der Waals surface area contributed by atoms with E-state index in [2.05, 4.69) is 56.2 Å². The first-order chi connectivity index (χ1) is 14.0. The minimum absolute atomic E-state index is 0. The lowest BCUT2D eigenvalue weighted by molar-refractivity contribution is 0.0900. The van der Waals surface area contributed by atoms with Crippen molar-refractivity contribution >= 4 is 47.4 Å². The molecule has 2 unspecified atom stereocenters. The van der Waals surface area contributed by atoms with E-state index in [-0.39, 0.29) is 24.0 Å². The van der Waals surface area contributed by atoms with Crippen LogP contribution in [0.15, 0.2) is 23.3 Å². The van der Waals surface area contributed by atoms with E-state index in [4.69, 9.17) is 11.6 Å². The van der Waals surface area contributed by atoms with Crippen LogP contribution in [-0.2, 0) is 0 Å². The maximum atomic E-state index is 6.31. The number of rotatable bonds is 6. The van der Waals surface area contributed by atoms with Crippen molar-refractivity contribution in [2.45, 2.75) is 32.4 Å². The molecule has 170 valence electrons. The van der Waals surface area contributed by atoms with Crippen LogP contribution in [0, 0.1) is 5.92 Å². The number of aromatic nitrogens is 1. The molecule has 0 aliphatic carbocycles. The van der Waals surface area contributed by atoms with Crippen LogP contribution in [0.25, 0.3) is 0 Å². The van der Waals surface area contributed by atoms with Crippen LogP contribution < -0.4 is 15.5 Å². The minimum atomic E-state index is 0. The normalized spacial score (nSPS) is 22.1. The van der Waals surface area contributed by atoms with Gasteiger partial charge in [-0.15, -0.1) is 24.0 Å². The van der Waals surface area contributed by atoms with E-state index >= 15 is 0 Å². The molecule has 0 aromatic carbocycles. The second-order valence-electron chi connectivity index (χ2n) is 8.49. The molecule has 1 aromatic rings. The summed E-state index contributed by atoms with van der Waals surface area (Å²) < 4.78 is 0. The zero-order valence-electron chi connectivity index (χ0n) is 18.6. The number of hydrogen-bond acceptors (Lipinski definition) is 5. The highest BCUT2D eigenvalue weighted by molar-refractivity contribution is 14.0. The van der Waals surface area contributed by atoms with Crippen LogP contribution in [0.5, 0.6) is 0 Å². The van der Waals surface area contributed by atoms with Gasteiger partial charge in [0, 0.05) is 71.1 Å². The van der Waals surface area contributed by atoms with Crippen molar-refractivity contribution in [3.63, 3.8) is 0 Å². The average molecular weight is 550 g/mol. The largest absolute Gasteiger partial charge is 0.355 e. The Morgan fingerprint density at radius 2 is 2.00 bits per heavy atom. The summed E-state index contributed by atoms with van der Waals surface area (Å²) in [5.41, 5.74) is 0. The Balaban J connectivity index is 0.00000320. The molecule has 2 atom stereocenters. The number of hydrogen-bond donors (Lipinski definition) is 2. The third-order valence-electron chi connectivity index (χ3n) is 6.05. The highest BCUT2D eigenvalue weighted by atomic mass is 127. The molecule has 9 heteroatoms. The van der Waals surface area contributed by atoms with Crippen molar-refractivity contribution in [2.75, 3.05) is 64.8 Å². The van der Waals surface area contributed by atoms with Gasteiger partial charge in [-0.1, -0.05) is 25.4 Å². The molecule has 2 fully saturated rings. The molecule has 7 nitrogen and oxygen atoms in total. The van der Waals surface area contributed by atoms with Gasteiger partial charge >= 0.3 is 0 Å². The van der Waals surface area contributed by atoms with Gasteiger partial charge in [-0.2, -0.15) is 0 Å². The summed E-state index contributed by atoms with van der Waals surface area (Å²) >= 11 is 6.31. The highest BCUT2D eigenvalue weighted by Crippen LogP contribution is 2.25. The molecule has 2 saturated heterocycles. The minimum Gasteiger partial charge on any atom is -0.355 e. The van der Waals surface area contributed by atoms with Crippen molar-refractivity contribution in [3.8, 4) is 0 Å². The number of halogens is 2. The Hall–Kier alpha value is -0.840. The Kier molecular flexibility index (Phi) is 10.4. The summed E-state index contributed by atoms with van der Waals surface area (Å²) in [7, 11) is 4.05. The van der Waals surface area contributed by atoms with Gasteiger partial charge in [0.15, 0.2) is 5.96 Å². The van der Waals surface area contributed by atoms with Crippen LogP contribution in [0.1, 0.15) is 20.3 Å². The number of piperazine rings is 1. The van der Waals surface area contributed by atoms with Crippen LogP contribution in [-0.4, -0.2) is 92.7 Å². The van der Waals surface area contributed by atoms with Gasteiger partial charge in [0.25, 0.3) is 0 Å². The van der Waals surface area contributed by atoms with E-state index in [0.717, 1.165) is 64.0 Å². The van der Waals surface area contributed by atoms with Crippen LogP contribution in [0.2, 0.25) is 5.02 Å². The molecular weight excluding hydrogens is 513 g/mol. The Labute approximate surface area is 203 Å². The molecule has 3 rings (SSSR count). The molecule has 0 bridgehead atoms. The summed E-state index contributed by atoms with van der Waals surface area (Å²) in [6.07, 6.45) is 2.84. The molecule has 0 saturated carbocycles. The lowest BCUT2D eigenvalue weighted by Crippen LogP contribution is -2.55. The van der Waals surface area contributed by atoms with E-state index in [1.54, 1.807) is 6.20 Å². The van der Waals surface area contributed by atoms with Gasteiger partial charge in [0.1, 0.15) is 5.82 Å². The number of pyridine rings is 1. The number of aliphatic imine (C=N–C) groups is 1. The first-order valence-electron chi connectivity index (χ1n) is 10.7. The second kappa shape index (κ2) is 12.3. The summed E-state index contributed by atoms with van der Waals surface area (Å²) in [5.74, 6) is 2.34. The highest BCUT2D eigenvalue weighted by Gasteiger charge is 2.27. The van der Waals surface area contributed by atoms with Crippen molar-refractivity contribution in [1.29, 1.82) is 0 Å². The summed E-state index contributed by atoms with van der Waals surface area (Å²) in [5, 5.41) is 7.88. The predicted octanol–water partition coefficient (Wildman–Crippen LogP) is 2.37. The smallest absolute Gasteiger partial charge is 0.191 e. The average Bonchev–Trinajstić information content (AvgIpc) is 3.17. The lowest BCUT2D eigenvalue weighted by Gasteiger charge is -2.40. The predicted molar refractivity (Wildman–Crippen MR) is 137 cm³/mol. The standard InChI is InChI=1S/C21H36ClN7.HI/c1-16(2)19(28-12-10-27(4)11-13-28)14-25-21(23-3)26-17-7-9-29(15-17)20-18(22)6-5-8-24-20;/h5-6,8,16-17,19H,7,9-15H2,1-4H3,(H2,23,25,26);1H. The zero-order chi connectivity index (χ0) is 20.8. The topological polar surface area (TPSA) is 59.0 Å². The third kappa shape index (κ3) is 6.83. The molecular formula is C21H37ClIN7. The van der Waals surface area contributed by atoms with Crippen LogP contribution in [0.4, 0.5) is 5.82 Å². The fourth-order valence-electron chi connectivity index (χ4n) is 4.21. The molecule has 2 N–H and O–H groups in total. The number of nitrogens with one attached hydrogen (secondary N) is 2. The Morgan fingerprint density at radius 1 is 1.27 bits per heavy atom. The molecule has 2 aliphatic heterocycles. The van der Waals surface area contributed by atoms with Crippen LogP contribution in [0.3, 0.4) is 0 Å². The van der Waals surface area contributed by atoms with Gasteiger partial charge in [-0.25, -0.2) is 4.98 Å². The van der Waals surface area contributed by atoms with Gasteiger partial charge in [-0.3, -0.25) is 9.89 Å². The van der Waals surface area contributed by atoms with E-state index in [1.807, 2.05) is 19.2 Å². The van der Waals surface area contributed by atoms with Gasteiger partial charge in [0.05, 0.1) is 5.02 Å². The van der Waals surface area contributed by atoms with E-state index < -0.39 is 0 Å². The first kappa shape index (κ1) is 25.4. The van der Waals surface area contributed by atoms with Crippen molar-refractivity contribution in [2.24, 2.45) is 10.9 Å². The Bertz CT molecular complexity index is 679. The number of likely N-dealkylation sites (N-methyl/N-ethyl adjacent to an activating group) is 1. The van der Waals surface area contributed by atoms with Crippen molar-refractivity contribution < 1.29 is 0 Å². The zero-order valence-corrected chi connectivity index (χ0v) is 21.7. The molecule has 1 aromatic heterocycles. The SMILES string of the molecule is CN=C(NCC(C(C)C)N1CCN(C)CC1)NC1CCN(c2ncccc2Cl)C1.I. The van der Waals surface area contributed by atoms with Gasteiger partial charge in [0.2, 0.25) is 0 Å². The number of guanidine groups is 1. The third-order valence-corrected chi connectivity index (χ3v) is 6.34. The fourth-order valence-corrected chi connectivity index (χ4v) is 4.45. The van der Waals surface area contributed by atoms with Gasteiger partial charge < -0.3 is 20.4 Å². The van der Waals surface area contributed by atoms with E-state index in [9.17, 15) is 0 Å². The first-order valence-corrected chi connectivity index (χ1v) is 11.1.